The predicted octanol–water partition coefficient (Wildman–Crippen LogP) is 3.43. The third-order valence-electron chi connectivity index (χ3n) is 1.84. The van der Waals surface area contributed by atoms with Crippen LogP contribution >= 0.6 is 27.5 Å². The van der Waals surface area contributed by atoms with Crippen molar-refractivity contribution in [3.05, 3.63) is 33.8 Å². The van der Waals surface area contributed by atoms with Crippen LogP contribution in [-0.4, -0.2) is 5.38 Å². The summed E-state index contributed by atoms with van der Waals surface area (Å²) < 4.78 is 1.05. The van der Waals surface area contributed by atoms with E-state index < -0.39 is 5.38 Å². The van der Waals surface area contributed by atoms with E-state index in [1.54, 1.807) is 0 Å². The van der Waals surface area contributed by atoms with Crippen LogP contribution in [0.3, 0.4) is 0 Å². The third kappa shape index (κ3) is 3.02. The third-order valence-corrected chi connectivity index (χ3v) is 2.59. The van der Waals surface area contributed by atoms with Crippen molar-refractivity contribution in [3.63, 3.8) is 0 Å². The Hall–Kier alpha value is -0.520. The first kappa shape index (κ1) is 10.6. The zero-order valence-corrected chi connectivity index (χ0v) is 9.56. The highest BCUT2D eigenvalue weighted by molar-refractivity contribution is 9.10. The Morgan fingerprint density at radius 1 is 1.62 bits per heavy atom. The van der Waals surface area contributed by atoms with Crippen LogP contribution in [0.2, 0.25) is 0 Å². The number of rotatable bonds is 2. The number of hydrogen-bond donors (Lipinski definition) is 0. The van der Waals surface area contributed by atoms with Crippen molar-refractivity contribution >= 4 is 27.5 Å². The fourth-order valence-corrected chi connectivity index (χ4v) is 1.77. The summed E-state index contributed by atoms with van der Waals surface area (Å²) in [7, 11) is 0. The summed E-state index contributed by atoms with van der Waals surface area (Å²) in [6.07, 6.45) is 0.608. The summed E-state index contributed by atoms with van der Waals surface area (Å²) in [6.45, 7) is 2.01. The monoisotopic (exact) mass is 257 g/mol. The van der Waals surface area contributed by atoms with E-state index in [9.17, 15) is 0 Å². The Morgan fingerprint density at radius 2 is 2.31 bits per heavy atom. The molecule has 0 aliphatic carbocycles. The Morgan fingerprint density at radius 3 is 2.85 bits per heavy atom. The molecule has 0 radical (unpaired) electrons. The van der Waals surface area contributed by atoms with E-state index in [4.69, 9.17) is 16.9 Å². The smallest absolute Gasteiger partial charge is 0.124 e. The molecule has 3 heteroatoms. The maximum Gasteiger partial charge on any atom is 0.124 e. The van der Waals surface area contributed by atoms with Crippen molar-refractivity contribution in [2.75, 3.05) is 0 Å². The van der Waals surface area contributed by atoms with Gasteiger partial charge in [-0.1, -0.05) is 22.0 Å². The largest absolute Gasteiger partial charge is 0.197 e. The number of nitriles is 1. The number of nitrogens with zero attached hydrogens (tertiary/aromatic N) is 1. The molecule has 68 valence electrons. The van der Waals surface area contributed by atoms with Gasteiger partial charge in [0.15, 0.2) is 0 Å². The van der Waals surface area contributed by atoms with Crippen molar-refractivity contribution in [2.24, 2.45) is 0 Å². The number of benzene rings is 1. The average Bonchev–Trinajstić information content (AvgIpc) is 2.09. The van der Waals surface area contributed by atoms with E-state index in [2.05, 4.69) is 15.9 Å². The van der Waals surface area contributed by atoms with Crippen LogP contribution < -0.4 is 0 Å². The summed E-state index contributed by atoms with van der Waals surface area (Å²) in [5.74, 6) is 0. The molecule has 1 nitrogen and oxygen atoms in total. The number of halogens is 2. The molecule has 0 saturated carbocycles. The second-order valence-corrected chi connectivity index (χ2v) is 4.31. The Bertz CT molecular complexity index is 343. The molecule has 0 aromatic heterocycles. The van der Waals surface area contributed by atoms with E-state index >= 15 is 0 Å². The Labute approximate surface area is 91.5 Å². The van der Waals surface area contributed by atoms with Gasteiger partial charge >= 0.3 is 0 Å². The lowest BCUT2D eigenvalue weighted by atomic mass is 10.0. The van der Waals surface area contributed by atoms with E-state index in [1.165, 1.54) is 0 Å². The highest BCUT2D eigenvalue weighted by atomic mass is 79.9. The first-order valence-corrected chi connectivity index (χ1v) is 5.15. The minimum atomic E-state index is -0.431. The van der Waals surface area contributed by atoms with Crippen LogP contribution in [0.15, 0.2) is 22.7 Å². The molecule has 0 amide bonds. The van der Waals surface area contributed by atoms with Gasteiger partial charge in [0, 0.05) is 10.9 Å². The lowest BCUT2D eigenvalue weighted by molar-refractivity contribution is 1.00. The molecule has 0 fully saturated rings. The van der Waals surface area contributed by atoms with Crippen molar-refractivity contribution in [1.29, 1.82) is 5.26 Å². The maximum absolute atomic E-state index is 8.55. The van der Waals surface area contributed by atoms with Gasteiger partial charge in [0.2, 0.25) is 0 Å². The summed E-state index contributed by atoms with van der Waals surface area (Å²) in [5.41, 5.74) is 2.29. The van der Waals surface area contributed by atoms with E-state index in [0.29, 0.717) is 6.42 Å². The Balaban J connectivity index is 2.85. The second-order valence-electron chi connectivity index (χ2n) is 2.87. The summed E-state index contributed by atoms with van der Waals surface area (Å²) >= 11 is 9.12. The number of aryl methyl sites for hydroxylation is 1. The van der Waals surface area contributed by atoms with Gasteiger partial charge in [-0.2, -0.15) is 5.26 Å². The van der Waals surface area contributed by atoms with Crippen molar-refractivity contribution < 1.29 is 0 Å². The van der Waals surface area contributed by atoms with Gasteiger partial charge in [0.25, 0.3) is 0 Å². The summed E-state index contributed by atoms with van der Waals surface area (Å²) in [5, 5.41) is 8.12. The molecule has 0 heterocycles. The topological polar surface area (TPSA) is 23.8 Å². The maximum atomic E-state index is 8.55. The average molecular weight is 259 g/mol. The molecule has 0 aliphatic rings. The molecule has 0 unspecified atom stereocenters. The standard InChI is InChI=1S/C10H9BrClN/c1-7-4-9(11)3-2-8(7)5-10(12)6-13/h2-4,10H,5H2,1H3/t10-/m0/s1. The highest BCUT2D eigenvalue weighted by Crippen LogP contribution is 2.18. The molecular formula is C10H9BrClN. The Kier molecular flexibility index (Phi) is 3.77. The fraction of sp³-hybridized carbons (Fsp3) is 0.300. The van der Waals surface area contributed by atoms with Gasteiger partial charge in [0.1, 0.15) is 5.38 Å². The SMILES string of the molecule is Cc1cc(Br)ccc1C[C@H](Cl)C#N. The highest BCUT2D eigenvalue weighted by Gasteiger charge is 2.06. The molecule has 0 spiro atoms. The van der Waals surface area contributed by atoms with Gasteiger partial charge < -0.3 is 0 Å². The van der Waals surface area contributed by atoms with Gasteiger partial charge in [-0.15, -0.1) is 11.6 Å². The van der Waals surface area contributed by atoms with Gasteiger partial charge in [-0.3, -0.25) is 0 Å². The minimum absolute atomic E-state index is 0.431. The number of hydrogen-bond acceptors (Lipinski definition) is 1. The quantitative estimate of drug-likeness (QED) is 0.746. The molecule has 1 atom stereocenters. The van der Waals surface area contributed by atoms with Crippen molar-refractivity contribution in [1.82, 2.24) is 0 Å². The van der Waals surface area contributed by atoms with Crippen molar-refractivity contribution in [2.45, 2.75) is 18.7 Å². The van der Waals surface area contributed by atoms with E-state index in [-0.39, 0.29) is 0 Å². The van der Waals surface area contributed by atoms with Crippen LogP contribution in [0.1, 0.15) is 11.1 Å². The van der Waals surface area contributed by atoms with E-state index in [1.807, 2.05) is 31.2 Å². The first-order valence-electron chi connectivity index (χ1n) is 3.92. The van der Waals surface area contributed by atoms with Crippen LogP contribution in [0.5, 0.6) is 0 Å². The zero-order valence-electron chi connectivity index (χ0n) is 7.22. The van der Waals surface area contributed by atoms with Gasteiger partial charge in [-0.25, -0.2) is 0 Å². The molecule has 0 aliphatic heterocycles. The van der Waals surface area contributed by atoms with Gasteiger partial charge in [0.05, 0.1) is 6.07 Å². The molecule has 1 rings (SSSR count). The zero-order chi connectivity index (χ0) is 9.84. The predicted molar refractivity (Wildman–Crippen MR) is 57.8 cm³/mol. The summed E-state index contributed by atoms with van der Waals surface area (Å²) in [4.78, 5) is 0. The lowest BCUT2D eigenvalue weighted by Gasteiger charge is -2.05. The molecule has 13 heavy (non-hydrogen) atoms. The fourth-order valence-electron chi connectivity index (χ4n) is 1.13. The van der Waals surface area contributed by atoms with Gasteiger partial charge in [-0.05, 0) is 30.2 Å². The molecule has 1 aromatic rings. The summed E-state index contributed by atoms with van der Waals surface area (Å²) in [6, 6.07) is 7.99. The number of alkyl halides is 1. The van der Waals surface area contributed by atoms with Crippen LogP contribution in [-0.2, 0) is 6.42 Å². The second kappa shape index (κ2) is 4.64. The van der Waals surface area contributed by atoms with Crippen LogP contribution in [0.4, 0.5) is 0 Å². The molecule has 1 aromatic carbocycles. The van der Waals surface area contributed by atoms with E-state index in [0.717, 1.165) is 15.6 Å². The van der Waals surface area contributed by atoms with Crippen LogP contribution in [0.25, 0.3) is 0 Å². The molecular weight excluding hydrogens is 249 g/mol. The first-order chi connectivity index (χ1) is 6.13. The molecule has 0 bridgehead atoms. The molecule has 0 N–H and O–H groups in total. The molecule has 0 saturated heterocycles. The lowest BCUT2D eigenvalue weighted by Crippen LogP contribution is -2.01. The minimum Gasteiger partial charge on any atom is -0.197 e. The van der Waals surface area contributed by atoms with Crippen LogP contribution in [0, 0.1) is 18.3 Å². The normalized spacial score (nSPS) is 12.2. The van der Waals surface area contributed by atoms with Crippen molar-refractivity contribution in [3.8, 4) is 6.07 Å².